The molecule has 5 rings (SSSR count). The summed E-state index contributed by atoms with van der Waals surface area (Å²) in [4.78, 5) is 4.03. The van der Waals surface area contributed by atoms with Crippen LogP contribution in [0.1, 0.15) is 25.7 Å². The molecule has 1 aliphatic carbocycles. The molecule has 4 aromatic rings. The van der Waals surface area contributed by atoms with Crippen molar-refractivity contribution in [1.29, 1.82) is 0 Å². The van der Waals surface area contributed by atoms with Gasteiger partial charge < -0.3 is 10.7 Å². The lowest BCUT2D eigenvalue weighted by atomic mass is 9.92. The molecule has 2 unspecified atom stereocenters. The summed E-state index contributed by atoms with van der Waals surface area (Å²) in [5.41, 5.74) is 6.40. The molecule has 4 aromatic carbocycles. The van der Waals surface area contributed by atoms with Crippen LogP contribution in [0.2, 0.25) is 13.1 Å². The standard InChI is InChI=1S/C19H26N2Si.C13H13ClSi/c1-22(16-10-4-2-5-11-16,17-12-6-3-7-13-17)21-19-15-9-8-14-18(19)20;1-15(14,12-8-4-2-5-9-12)13-10-6-3-7-11-13/h2-7,10-13,18-19,21H,8-9,14-15,20H2,1H3;2-11H,1H3. The van der Waals surface area contributed by atoms with Gasteiger partial charge in [-0.3, -0.25) is 0 Å². The molecule has 0 spiro atoms. The second-order valence-electron chi connectivity index (χ2n) is 10.3. The number of hydrogen-bond acceptors (Lipinski definition) is 2. The van der Waals surface area contributed by atoms with Crippen LogP contribution in [0.3, 0.4) is 0 Å². The number of benzene rings is 4. The molecule has 37 heavy (non-hydrogen) atoms. The van der Waals surface area contributed by atoms with Crippen LogP contribution >= 0.6 is 11.1 Å². The Morgan fingerprint density at radius 2 is 0.946 bits per heavy atom. The lowest BCUT2D eigenvalue weighted by Crippen LogP contribution is -2.71. The Labute approximate surface area is 229 Å². The highest BCUT2D eigenvalue weighted by atomic mass is 35.6. The minimum atomic E-state index is -1.98. The van der Waals surface area contributed by atoms with Crippen LogP contribution in [0, 0.1) is 0 Å². The van der Waals surface area contributed by atoms with Gasteiger partial charge in [-0.1, -0.05) is 134 Å². The number of halogens is 1. The maximum absolute atomic E-state index is 6.73. The van der Waals surface area contributed by atoms with Gasteiger partial charge >= 0.3 is 0 Å². The molecule has 2 nitrogen and oxygen atoms in total. The Balaban J connectivity index is 0.000000186. The molecular formula is C32H39ClN2Si2. The molecule has 0 bridgehead atoms. The van der Waals surface area contributed by atoms with Crippen LogP contribution in [-0.2, 0) is 0 Å². The average Bonchev–Trinajstić information content (AvgIpc) is 2.96. The number of nitrogens with two attached hydrogens (primary N) is 1. The van der Waals surface area contributed by atoms with Crippen LogP contribution in [0.25, 0.3) is 0 Å². The van der Waals surface area contributed by atoms with E-state index in [1.54, 1.807) is 0 Å². The normalized spacial score (nSPS) is 17.9. The minimum Gasteiger partial charge on any atom is -0.326 e. The van der Waals surface area contributed by atoms with Crippen molar-refractivity contribution in [3.8, 4) is 0 Å². The molecule has 0 radical (unpaired) electrons. The Hall–Kier alpha value is -2.48. The second kappa shape index (κ2) is 12.9. The summed E-state index contributed by atoms with van der Waals surface area (Å²) in [6.07, 6.45) is 4.91. The SMILES string of the molecule is C[Si](Cl)(c1ccccc1)c1ccccc1.C[Si](NC1CCCCC1N)(c1ccccc1)c1ccccc1. The van der Waals surface area contributed by atoms with E-state index in [1.807, 2.05) is 36.4 Å². The largest absolute Gasteiger partial charge is 0.326 e. The first kappa shape index (κ1) is 27.6. The van der Waals surface area contributed by atoms with Crippen LogP contribution in [-0.4, -0.2) is 27.7 Å². The molecule has 0 aromatic heterocycles. The highest BCUT2D eigenvalue weighted by Gasteiger charge is 2.36. The zero-order valence-corrected chi connectivity index (χ0v) is 24.7. The van der Waals surface area contributed by atoms with Gasteiger partial charge in [0.2, 0.25) is 7.38 Å². The first-order valence-corrected chi connectivity index (χ1v) is 19.4. The Kier molecular flexibility index (Phi) is 9.57. The van der Waals surface area contributed by atoms with Crippen molar-refractivity contribution >= 4 is 47.4 Å². The van der Waals surface area contributed by atoms with Crippen molar-refractivity contribution < 1.29 is 0 Å². The molecule has 1 fully saturated rings. The molecule has 3 N–H and O–H groups in total. The Morgan fingerprint density at radius 1 is 0.595 bits per heavy atom. The maximum Gasteiger partial charge on any atom is 0.214 e. The molecule has 0 saturated heterocycles. The van der Waals surface area contributed by atoms with Gasteiger partial charge in [-0.05, 0) is 46.7 Å². The van der Waals surface area contributed by atoms with Gasteiger partial charge in [0.05, 0.1) is 0 Å². The van der Waals surface area contributed by atoms with Gasteiger partial charge in [0.25, 0.3) is 0 Å². The summed E-state index contributed by atoms with van der Waals surface area (Å²) in [6.45, 7) is 4.58. The first-order valence-electron chi connectivity index (χ1n) is 13.4. The van der Waals surface area contributed by atoms with E-state index in [0.717, 1.165) is 6.42 Å². The molecule has 2 atom stereocenters. The topological polar surface area (TPSA) is 38.0 Å². The summed E-state index contributed by atoms with van der Waals surface area (Å²) < 4.78 is 0. The van der Waals surface area contributed by atoms with Crippen LogP contribution in [0.4, 0.5) is 0 Å². The van der Waals surface area contributed by atoms with Gasteiger partial charge in [-0.2, -0.15) is 11.1 Å². The lowest BCUT2D eigenvalue weighted by molar-refractivity contribution is 0.362. The molecule has 0 aliphatic heterocycles. The molecule has 1 aliphatic rings. The fourth-order valence-corrected chi connectivity index (χ4v) is 11.5. The van der Waals surface area contributed by atoms with E-state index in [9.17, 15) is 0 Å². The van der Waals surface area contributed by atoms with E-state index in [-0.39, 0.29) is 6.04 Å². The van der Waals surface area contributed by atoms with Crippen molar-refractivity contribution in [2.75, 3.05) is 0 Å². The van der Waals surface area contributed by atoms with Crippen LogP contribution in [0.15, 0.2) is 121 Å². The van der Waals surface area contributed by atoms with E-state index in [4.69, 9.17) is 16.8 Å². The fraction of sp³-hybridized carbons (Fsp3) is 0.250. The quantitative estimate of drug-likeness (QED) is 0.270. The summed E-state index contributed by atoms with van der Waals surface area (Å²) in [6, 6.07) is 43.3. The van der Waals surface area contributed by atoms with E-state index in [1.165, 1.54) is 40.0 Å². The fourth-order valence-electron chi connectivity index (χ4n) is 5.25. The lowest BCUT2D eigenvalue weighted by Gasteiger charge is -2.38. The third-order valence-electron chi connectivity index (χ3n) is 7.63. The van der Waals surface area contributed by atoms with Gasteiger partial charge in [-0.25, -0.2) is 0 Å². The molecule has 5 heteroatoms. The van der Waals surface area contributed by atoms with E-state index in [0.29, 0.717) is 6.04 Å². The summed E-state index contributed by atoms with van der Waals surface area (Å²) >= 11 is 6.73. The Morgan fingerprint density at radius 3 is 1.32 bits per heavy atom. The van der Waals surface area contributed by atoms with E-state index in [2.05, 4.69) is 103 Å². The van der Waals surface area contributed by atoms with Crippen LogP contribution in [0.5, 0.6) is 0 Å². The smallest absolute Gasteiger partial charge is 0.214 e. The predicted octanol–water partition coefficient (Wildman–Crippen LogP) is 4.85. The zero-order valence-electron chi connectivity index (χ0n) is 22.0. The van der Waals surface area contributed by atoms with E-state index < -0.39 is 15.6 Å². The molecule has 1 saturated carbocycles. The monoisotopic (exact) mass is 542 g/mol. The summed E-state index contributed by atoms with van der Waals surface area (Å²) in [5.74, 6) is 0. The van der Waals surface area contributed by atoms with Crippen molar-refractivity contribution in [3.63, 3.8) is 0 Å². The van der Waals surface area contributed by atoms with Gasteiger partial charge in [0.1, 0.15) is 0 Å². The number of rotatable bonds is 6. The third-order valence-corrected chi connectivity index (χ3v) is 15.7. The first-order chi connectivity index (χ1) is 17.9. The van der Waals surface area contributed by atoms with Gasteiger partial charge in [0.15, 0.2) is 8.24 Å². The molecule has 0 heterocycles. The third kappa shape index (κ3) is 6.89. The van der Waals surface area contributed by atoms with Gasteiger partial charge in [-0.15, -0.1) is 0 Å². The Bertz CT molecular complexity index is 1120. The van der Waals surface area contributed by atoms with Crippen molar-refractivity contribution in [3.05, 3.63) is 121 Å². The summed E-state index contributed by atoms with van der Waals surface area (Å²) in [7, 11) is -3.94. The predicted molar refractivity (Wildman–Crippen MR) is 167 cm³/mol. The number of nitrogens with one attached hydrogen (secondary N) is 1. The number of hydrogen-bond donors (Lipinski definition) is 2. The van der Waals surface area contributed by atoms with Crippen molar-refractivity contribution in [2.24, 2.45) is 5.73 Å². The van der Waals surface area contributed by atoms with Gasteiger partial charge in [0, 0.05) is 12.1 Å². The highest BCUT2D eigenvalue weighted by molar-refractivity contribution is 7.33. The second-order valence-corrected chi connectivity index (χ2v) is 19.4. The maximum atomic E-state index is 6.73. The molecule has 192 valence electrons. The van der Waals surface area contributed by atoms with Crippen molar-refractivity contribution in [2.45, 2.75) is 50.9 Å². The minimum absolute atomic E-state index is 0.285. The highest BCUT2D eigenvalue weighted by Crippen LogP contribution is 2.19. The molecular weight excluding hydrogens is 504 g/mol. The average molecular weight is 543 g/mol. The van der Waals surface area contributed by atoms with E-state index >= 15 is 0 Å². The molecule has 0 amide bonds. The zero-order chi connectivity index (χ0) is 26.1. The van der Waals surface area contributed by atoms with Crippen molar-refractivity contribution in [1.82, 2.24) is 4.98 Å². The summed E-state index contributed by atoms with van der Waals surface area (Å²) in [5, 5.41) is 5.38. The van der Waals surface area contributed by atoms with Crippen LogP contribution < -0.4 is 31.5 Å².